The van der Waals surface area contributed by atoms with Gasteiger partial charge < -0.3 is 0 Å². The quantitative estimate of drug-likeness (QED) is 0.370. The van der Waals surface area contributed by atoms with E-state index in [1.807, 2.05) is 0 Å². The Bertz CT molecular complexity index is 86.2. The van der Waals surface area contributed by atoms with Crippen LogP contribution in [0.5, 0.6) is 0 Å². The van der Waals surface area contributed by atoms with Gasteiger partial charge in [0.2, 0.25) is 0 Å². The summed E-state index contributed by atoms with van der Waals surface area (Å²) in [6.07, 6.45) is 5.62. The number of hydrogen-bond donors (Lipinski definition) is 0. The van der Waals surface area contributed by atoms with Gasteiger partial charge in [-0.25, -0.2) is 0 Å². The molecule has 11 heavy (non-hydrogen) atoms. The maximum atomic E-state index is 2.59. The SMILES string of the molecule is CB(C)CCC(I)CCCI. The normalized spacial score (nSPS) is 13.1. The zero-order valence-electron chi connectivity index (χ0n) is 7.45. The molecule has 0 rings (SSSR count). The molecule has 66 valence electrons. The third kappa shape index (κ3) is 9.44. The number of halogens is 2. The third-order valence-corrected chi connectivity index (χ3v) is 3.72. The van der Waals surface area contributed by atoms with E-state index >= 15 is 0 Å². The Balaban J connectivity index is 3.15. The molecule has 0 fully saturated rings. The van der Waals surface area contributed by atoms with Gasteiger partial charge in [0.15, 0.2) is 0 Å². The van der Waals surface area contributed by atoms with Crippen molar-refractivity contribution in [3.05, 3.63) is 0 Å². The highest BCUT2D eigenvalue weighted by Gasteiger charge is 2.05. The van der Waals surface area contributed by atoms with Crippen LogP contribution in [0.4, 0.5) is 0 Å². The first-order valence-electron chi connectivity index (χ1n) is 4.36. The molecule has 0 aromatic heterocycles. The van der Waals surface area contributed by atoms with Gasteiger partial charge in [-0.15, -0.1) is 0 Å². The highest BCUT2D eigenvalue weighted by molar-refractivity contribution is 14.1. The molecular formula is C8H17BI2. The molecule has 3 heteroatoms. The zero-order valence-corrected chi connectivity index (χ0v) is 11.8. The van der Waals surface area contributed by atoms with Gasteiger partial charge in [-0.1, -0.05) is 65.1 Å². The maximum absolute atomic E-state index is 2.59. The van der Waals surface area contributed by atoms with Crippen LogP contribution in [0.1, 0.15) is 19.3 Å². The van der Waals surface area contributed by atoms with E-state index in [1.165, 1.54) is 30.0 Å². The second-order valence-corrected chi connectivity index (χ2v) is 6.24. The predicted octanol–water partition coefficient (Wildman–Crippen LogP) is 4.15. The lowest BCUT2D eigenvalue weighted by atomic mass is 9.51. The Labute approximate surface area is 98.6 Å². The van der Waals surface area contributed by atoms with Gasteiger partial charge in [0.25, 0.3) is 0 Å². The second kappa shape index (κ2) is 8.14. The van der Waals surface area contributed by atoms with Crippen LogP contribution in [0.2, 0.25) is 20.0 Å². The predicted molar refractivity (Wildman–Crippen MR) is 72.8 cm³/mol. The molecule has 0 saturated heterocycles. The summed E-state index contributed by atoms with van der Waals surface area (Å²) in [5.41, 5.74) is 0. The molecule has 0 aliphatic rings. The zero-order chi connectivity index (χ0) is 8.69. The van der Waals surface area contributed by atoms with Crippen molar-refractivity contribution in [1.29, 1.82) is 0 Å². The van der Waals surface area contributed by atoms with Gasteiger partial charge in [-0.2, -0.15) is 0 Å². The summed E-state index contributed by atoms with van der Waals surface area (Å²) in [5.74, 6) is 0. The monoisotopic (exact) mass is 378 g/mol. The number of alkyl halides is 2. The second-order valence-electron chi connectivity index (χ2n) is 3.40. The average Bonchev–Trinajstić information content (AvgIpc) is 1.97. The molecule has 0 amide bonds. The highest BCUT2D eigenvalue weighted by atomic mass is 127. The lowest BCUT2D eigenvalue weighted by Crippen LogP contribution is -2.05. The topological polar surface area (TPSA) is 0 Å². The Morgan fingerprint density at radius 1 is 1.27 bits per heavy atom. The molecule has 0 spiro atoms. The van der Waals surface area contributed by atoms with E-state index in [-0.39, 0.29) is 0 Å². The summed E-state index contributed by atoms with van der Waals surface area (Å²) >= 11 is 5.05. The fraction of sp³-hybridized carbons (Fsp3) is 1.00. The lowest BCUT2D eigenvalue weighted by molar-refractivity contribution is 0.747. The van der Waals surface area contributed by atoms with Crippen LogP contribution in [0.3, 0.4) is 0 Å². The maximum Gasteiger partial charge on any atom is 0.133 e. The van der Waals surface area contributed by atoms with E-state index < -0.39 is 0 Å². The fourth-order valence-corrected chi connectivity index (χ4v) is 2.20. The largest absolute Gasteiger partial charge is 0.133 e. The van der Waals surface area contributed by atoms with Crippen molar-refractivity contribution in [3.8, 4) is 0 Å². The molecule has 0 aliphatic heterocycles. The highest BCUT2D eigenvalue weighted by Crippen LogP contribution is 2.17. The molecule has 0 N–H and O–H groups in total. The molecule has 0 heterocycles. The minimum Gasteiger partial charge on any atom is -0.0864 e. The van der Waals surface area contributed by atoms with Crippen molar-refractivity contribution in [1.82, 2.24) is 0 Å². The van der Waals surface area contributed by atoms with Crippen LogP contribution in [0.25, 0.3) is 0 Å². The number of hydrogen-bond acceptors (Lipinski definition) is 0. The summed E-state index contributed by atoms with van der Waals surface area (Å²) in [7, 11) is 0. The van der Waals surface area contributed by atoms with Crippen molar-refractivity contribution in [2.45, 2.75) is 43.2 Å². The van der Waals surface area contributed by atoms with Crippen LogP contribution < -0.4 is 0 Å². The Hall–Kier alpha value is 1.52. The summed E-state index contributed by atoms with van der Waals surface area (Å²) in [6.45, 7) is 5.50. The van der Waals surface area contributed by atoms with Crippen molar-refractivity contribution >= 4 is 51.9 Å². The first-order valence-corrected chi connectivity index (χ1v) is 7.14. The van der Waals surface area contributed by atoms with Crippen LogP contribution in [-0.2, 0) is 0 Å². The average molecular weight is 378 g/mol. The summed E-state index contributed by atoms with van der Waals surface area (Å²) in [5, 5.41) is 0. The summed E-state index contributed by atoms with van der Waals surface area (Å²) in [4.78, 5) is 0. The van der Waals surface area contributed by atoms with Gasteiger partial charge in [0.05, 0.1) is 0 Å². The molecule has 0 aromatic carbocycles. The van der Waals surface area contributed by atoms with E-state index in [0.717, 1.165) is 10.6 Å². The van der Waals surface area contributed by atoms with E-state index in [1.54, 1.807) is 0 Å². The van der Waals surface area contributed by atoms with Crippen LogP contribution >= 0.6 is 45.2 Å². The van der Waals surface area contributed by atoms with Gasteiger partial charge in [-0.05, 0) is 23.7 Å². The molecule has 1 atom stereocenters. The fourth-order valence-electron chi connectivity index (χ4n) is 0.957. The third-order valence-electron chi connectivity index (χ3n) is 1.71. The van der Waals surface area contributed by atoms with Gasteiger partial charge >= 0.3 is 0 Å². The molecular weight excluding hydrogens is 361 g/mol. The van der Waals surface area contributed by atoms with Crippen LogP contribution in [0.15, 0.2) is 0 Å². The lowest BCUT2D eigenvalue weighted by Gasteiger charge is -2.08. The van der Waals surface area contributed by atoms with Crippen molar-refractivity contribution in [2.24, 2.45) is 0 Å². The molecule has 0 aliphatic carbocycles. The Morgan fingerprint density at radius 2 is 1.91 bits per heavy atom. The molecule has 0 nitrogen and oxygen atoms in total. The summed E-state index contributed by atoms with van der Waals surface area (Å²) < 4.78 is 2.24. The first-order chi connectivity index (χ1) is 5.16. The molecule has 0 bridgehead atoms. The van der Waals surface area contributed by atoms with Crippen molar-refractivity contribution in [3.63, 3.8) is 0 Å². The molecule has 0 radical (unpaired) electrons. The van der Waals surface area contributed by atoms with Crippen LogP contribution in [0, 0.1) is 0 Å². The van der Waals surface area contributed by atoms with Gasteiger partial charge in [0, 0.05) is 3.92 Å². The smallest absolute Gasteiger partial charge is 0.0864 e. The summed E-state index contributed by atoms with van der Waals surface area (Å²) in [6, 6.07) is 0. The molecule has 0 aromatic rings. The minimum absolute atomic E-state index is 0.881. The Morgan fingerprint density at radius 3 is 2.36 bits per heavy atom. The van der Waals surface area contributed by atoms with E-state index in [0.29, 0.717) is 0 Å². The van der Waals surface area contributed by atoms with E-state index in [9.17, 15) is 0 Å². The van der Waals surface area contributed by atoms with E-state index in [4.69, 9.17) is 0 Å². The van der Waals surface area contributed by atoms with Crippen molar-refractivity contribution < 1.29 is 0 Å². The van der Waals surface area contributed by atoms with Crippen LogP contribution in [-0.4, -0.2) is 15.1 Å². The number of rotatable bonds is 6. The standard InChI is InChI=1S/C8H17BI2/c1-9(2)6-5-8(11)4-3-7-10/h8H,3-7H2,1-2H3. The first kappa shape index (κ1) is 12.5. The Kier molecular flexibility index (Phi) is 9.27. The molecule has 0 saturated carbocycles. The molecule has 1 unspecified atom stereocenters. The van der Waals surface area contributed by atoms with Gasteiger partial charge in [0.1, 0.15) is 6.71 Å². The minimum atomic E-state index is 0.881. The van der Waals surface area contributed by atoms with Crippen molar-refractivity contribution in [2.75, 3.05) is 4.43 Å². The van der Waals surface area contributed by atoms with Gasteiger partial charge in [-0.3, -0.25) is 0 Å². The van der Waals surface area contributed by atoms with E-state index in [2.05, 4.69) is 58.8 Å².